The van der Waals surface area contributed by atoms with Crippen molar-refractivity contribution in [2.75, 3.05) is 6.54 Å². The van der Waals surface area contributed by atoms with Crippen molar-refractivity contribution in [3.05, 3.63) is 34.7 Å². The summed E-state index contributed by atoms with van der Waals surface area (Å²) in [6.07, 6.45) is 2.66. The minimum Gasteiger partial charge on any atom is -0.340 e. The van der Waals surface area contributed by atoms with Crippen molar-refractivity contribution in [3.63, 3.8) is 0 Å². The molecule has 0 saturated carbocycles. The highest BCUT2D eigenvalue weighted by molar-refractivity contribution is 7.89. The summed E-state index contributed by atoms with van der Waals surface area (Å²) in [6.45, 7) is 0.116. The maximum absolute atomic E-state index is 11.9. The Morgan fingerprint density at radius 2 is 2.11 bits per heavy atom. The van der Waals surface area contributed by atoms with E-state index in [9.17, 15) is 8.42 Å². The van der Waals surface area contributed by atoms with Crippen molar-refractivity contribution in [2.45, 2.75) is 11.3 Å². The maximum atomic E-state index is 11.9. The average molecular weight is 323 g/mol. The molecule has 0 fully saturated rings. The van der Waals surface area contributed by atoms with Crippen molar-refractivity contribution >= 4 is 33.2 Å². The summed E-state index contributed by atoms with van der Waals surface area (Å²) < 4.78 is 30.9. The van der Waals surface area contributed by atoms with Crippen LogP contribution in [-0.4, -0.2) is 30.1 Å². The molecule has 0 aliphatic rings. The zero-order chi connectivity index (χ0) is 13.9. The van der Waals surface area contributed by atoms with Gasteiger partial charge in [-0.3, -0.25) is 0 Å². The number of nitrogens with zero attached hydrogens (tertiary/aromatic N) is 3. The quantitative estimate of drug-likeness (QED) is 0.833. The molecule has 7 nitrogen and oxygen atoms in total. The molecule has 0 unspecified atom stereocenters. The Bertz CT molecular complexity index is 660. The second-order valence-electron chi connectivity index (χ2n) is 3.43. The Labute approximate surface area is 119 Å². The van der Waals surface area contributed by atoms with Gasteiger partial charge in [-0.05, 0) is 6.07 Å². The molecule has 0 atom stereocenters. The molecule has 0 bridgehead atoms. The summed E-state index contributed by atoms with van der Waals surface area (Å²) >= 11 is 11.3. The minimum atomic E-state index is -3.70. The van der Waals surface area contributed by atoms with Gasteiger partial charge in [0.05, 0.1) is 5.02 Å². The molecule has 1 N–H and O–H groups in total. The van der Waals surface area contributed by atoms with E-state index < -0.39 is 10.0 Å². The number of nitrogens with one attached hydrogen (secondary N) is 1. The molecule has 2 rings (SSSR count). The Morgan fingerprint density at radius 1 is 1.32 bits per heavy atom. The zero-order valence-corrected chi connectivity index (χ0v) is 11.7. The fraction of sp³-hybridized carbons (Fsp3) is 0.222. The van der Waals surface area contributed by atoms with Crippen molar-refractivity contribution < 1.29 is 12.9 Å². The Morgan fingerprint density at radius 3 is 2.74 bits per heavy atom. The third kappa shape index (κ3) is 3.63. The molecule has 102 valence electrons. The number of hydrogen-bond donors (Lipinski definition) is 1. The number of hydrogen-bond acceptors (Lipinski definition) is 6. The molecule has 0 aliphatic heterocycles. The summed E-state index contributed by atoms with van der Waals surface area (Å²) in [6, 6.07) is 1.23. The highest BCUT2D eigenvalue weighted by Crippen LogP contribution is 2.21. The number of sulfonamides is 1. The highest BCUT2D eigenvalue weighted by atomic mass is 35.5. The molecular formula is C9H8Cl2N4O3S. The highest BCUT2D eigenvalue weighted by Gasteiger charge is 2.16. The van der Waals surface area contributed by atoms with Crippen molar-refractivity contribution in [3.8, 4) is 0 Å². The lowest BCUT2D eigenvalue weighted by Gasteiger charge is -2.05. The standard InChI is InChI=1S/C9H8Cl2N4O3S/c10-7-3-6(4-12-9(7)11)19(16,17)15-2-1-8-13-5-14-18-8/h3-5,15H,1-2H2. The van der Waals surface area contributed by atoms with E-state index in [1.54, 1.807) is 0 Å². The van der Waals surface area contributed by atoms with E-state index in [0.29, 0.717) is 5.89 Å². The van der Waals surface area contributed by atoms with Gasteiger partial charge in [-0.25, -0.2) is 18.1 Å². The summed E-state index contributed by atoms with van der Waals surface area (Å²) in [7, 11) is -3.70. The fourth-order valence-electron chi connectivity index (χ4n) is 1.23. The Kier molecular flexibility index (Phi) is 4.35. The van der Waals surface area contributed by atoms with Gasteiger partial charge in [0.1, 0.15) is 10.0 Å². The monoisotopic (exact) mass is 322 g/mol. The lowest BCUT2D eigenvalue weighted by molar-refractivity contribution is 0.377. The van der Waals surface area contributed by atoms with Crippen molar-refractivity contribution in [1.82, 2.24) is 19.8 Å². The molecule has 10 heteroatoms. The van der Waals surface area contributed by atoms with Crippen LogP contribution in [0.5, 0.6) is 0 Å². The number of pyridine rings is 1. The van der Waals surface area contributed by atoms with E-state index >= 15 is 0 Å². The predicted octanol–water partition coefficient (Wildman–Crippen LogP) is 1.29. The van der Waals surface area contributed by atoms with Gasteiger partial charge in [-0.15, -0.1) is 0 Å². The first kappa shape index (κ1) is 14.2. The molecule has 0 aliphatic carbocycles. The summed E-state index contributed by atoms with van der Waals surface area (Å²) in [4.78, 5) is 7.38. The number of rotatable bonds is 5. The summed E-state index contributed by atoms with van der Waals surface area (Å²) in [5.74, 6) is 0.343. The molecule has 0 aromatic carbocycles. The van der Waals surface area contributed by atoms with Crippen LogP contribution >= 0.6 is 23.2 Å². The first-order valence-electron chi connectivity index (χ1n) is 5.05. The van der Waals surface area contributed by atoms with Crippen LogP contribution in [-0.2, 0) is 16.4 Å². The zero-order valence-electron chi connectivity index (χ0n) is 9.38. The van der Waals surface area contributed by atoms with E-state index in [0.717, 1.165) is 6.20 Å². The number of halogens is 2. The van der Waals surface area contributed by atoms with Crippen LogP contribution < -0.4 is 4.72 Å². The van der Waals surface area contributed by atoms with E-state index in [4.69, 9.17) is 27.7 Å². The van der Waals surface area contributed by atoms with E-state index in [-0.39, 0.29) is 28.0 Å². The molecule has 0 radical (unpaired) electrons. The molecule has 0 saturated heterocycles. The largest absolute Gasteiger partial charge is 0.340 e. The van der Waals surface area contributed by atoms with Gasteiger partial charge in [-0.1, -0.05) is 28.4 Å². The van der Waals surface area contributed by atoms with E-state index in [2.05, 4.69) is 19.8 Å². The maximum Gasteiger partial charge on any atom is 0.242 e. The molecular weight excluding hydrogens is 315 g/mol. The lowest BCUT2D eigenvalue weighted by atomic mass is 10.4. The van der Waals surface area contributed by atoms with E-state index in [1.807, 2.05) is 0 Å². The molecule has 0 amide bonds. The second-order valence-corrected chi connectivity index (χ2v) is 5.96. The van der Waals surface area contributed by atoms with Gasteiger partial charge in [0.25, 0.3) is 0 Å². The van der Waals surface area contributed by atoms with Gasteiger partial charge in [0.2, 0.25) is 15.9 Å². The normalized spacial score (nSPS) is 11.7. The second kappa shape index (κ2) is 5.83. The molecule has 2 aromatic rings. The lowest BCUT2D eigenvalue weighted by Crippen LogP contribution is -2.26. The van der Waals surface area contributed by atoms with Crippen LogP contribution in [0.2, 0.25) is 10.2 Å². The Hall–Kier alpha value is -1.22. The molecule has 0 spiro atoms. The van der Waals surface area contributed by atoms with Crippen LogP contribution in [0.3, 0.4) is 0 Å². The molecule has 2 heterocycles. The third-order valence-corrected chi connectivity index (χ3v) is 4.23. The SMILES string of the molecule is O=S(=O)(NCCc1ncno1)c1cnc(Cl)c(Cl)c1. The minimum absolute atomic E-state index is 0.0477. The van der Waals surface area contributed by atoms with Crippen LogP contribution in [0.25, 0.3) is 0 Å². The third-order valence-electron chi connectivity index (χ3n) is 2.12. The topological polar surface area (TPSA) is 98.0 Å². The summed E-state index contributed by atoms with van der Waals surface area (Å²) in [5.41, 5.74) is 0. The van der Waals surface area contributed by atoms with Crippen LogP contribution in [0.4, 0.5) is 0 Å². The van der Waals surface area contributed by atoms with Gasteiger partial charge < -0.3 is 4.52 Å². The average Bonchev–Trinajstić information content (AvgIpc) is 2.85. The van der Waals surface area contributed by atoms with Crippen molar-refractivity contribution in [2.24, 2.45) is 0 Å². The molecule has 19 heavy (non-hydrogen) atoms. The Balaban J connectivity index is 2.03. The van der Waals surface area contributed by atoms with E-state index in [1.165, 1.54) is 12.4 Å². The smallest absolute Gasteiger partial charge is 0.242 e. The first-order chi connectivity index (χ1) is 8.99. The number of aromatic nitrogens is 3. The fourth-order valence-corrected chi connectivity index (χ4v) is 2.57. The van der Waals surface area contributed by atoms with Crippen LogP contribution in [0, 0.1) is 0 Å². The van der Waals surface area contributed by atoms with Gasteiger partial charge >= 0.3 is 0 Å². The van der Waals surface area contributed by atoms with Gasteiger partial charge in [0.15, 0.2) is 6.33 Å². The molecule has 2 aromatic heterocycles. The first-order valence-corrected chi connectivity index (χ1v) is 7.29. The predicted molar refractivity (Wildman–Crippen MR) is 67.4 cm³/mol. The van der Waals surface area contributed by atoms with Crippen molar-refractivity contribution in [1.29, 1.82) is 0 Å². The van der Waals surface area contributed by atoms with Gasteiger partial charge in [0, 0.05) is 19.2 Å². The van der Waals surface area contributed by atoms with Gasteiger partial charge in [-0.2, -0.15) is 4.98 Å². The summed E-state index contributed by atoms with van der Waals surface area (Å²) in [5, 5.41) is 3.53. The van der Waals surface area contributed by atoms with Crippen LogP contribution in [0.15, 0.2) is 28.0 Å². The van der Waals surface area contributed by atoms with Crippen LogP contribution in [0.1, 0.15) is 5.89 Å².